The van der Waals surface area contributed by atoms with Gasteiger partial charge in [0.1, 0.15) is 0 Å². The number of thiophene rings is 1. The van der Waals surface area contributed by atoms with Crippen LogP contribution in [-0.4, -0.2) is 13.3 Å². The molecule has 0 amide bonds. The van der Waals surface area contributed by atoms with Gasteiger partial charge in [0, 0.05) is 6.07 Å². The van der Waals surface area contributed by atoms with Crippen molar-refractivity contribution < 1.29 is 17.5 Å². The average molecular weight is 285 g/mol. The highest BCUT2D eigenvalue weighted by Gasteiger charge is 2.23. The van der Waals surface area contributed by atoms with E-state index in [1.807, 2.05) is 0 Å². The Morgan fingerprint density at radius 2 is 1.89 bits per heavy atom. The third kappa shape index (κ3) is 2.49. The Kier molecular flexibility index (Phi) is 3.30. The van der Waals surface area contributed by atoms with E-state index in [1.165, 1.54) is 30.3 Å². The lowest BCUT2D eigenvalue weighted by molar-refractivity contribution is -0.385. The number of rotatable bonds is 4. The van der Waals surface area contributed by atoms with E-state index in [2.05, 4.69) is 0 Å². The van der Waals surface area contributed by atoms with Crippen molar-refractivity contribution in [2.24, 2.45) is 0 Å². The summed E-state index contributed by atoms with van der Waals surface area (Å²) in [4.78, 5) is 10.0. The number of hydrogen-bond acceptors (Lipinski definition) is 6. The summed E-state index contributed by atoms with van der Waals surface area (Å²) in [7, 11) is -4.01. The lowest BCUT2D eigenvalue weighted by atomic mass is 10.3. The van der Waals surface area contributed by atoms with Crippen molar-refractivity contribution in [2.45, 2.75) is 4.21 Å². The fourth-order valence-corrected chi connectivity index (χ4v) is 3.14. The minimum Gasteiger partial charge on any atom is -0.371 e. The molecular weight excluding hydrogens is 278 g/mol. The minimum absolute atomic E-state index is 0.000603. The van der Waals surface area contributed by atoms with Crippen LogP contribution < -0.4 is 4.18 Å². The van der Waals surface area contributed by atoms with Gasteiger partial charge in [0.15, 0.2) is 4.21 Å². The Bertz CT molecular complexity index is 663. The van der Waals surface area contributed by atoms with Crippen molar-refractivity contribution in [3.05, 3.63) is 51.9 Å². The molecule has 94 valence electrons. The molecule has 0 atom stereocenters. The highest BCUT2D eigenvalue weighted by Crippen LogP contribution is 2.29. The summed E-state index contributed by atoms with van der Waals surface area (Å²) in [5.41, 5.74) is -0.391. The fraction of sp³-hybridized carbons (Fsp3) is 0. The molecule has 0 saturated heterocycles. The summed E-state index contributed by atoms with van der Waals surface area (Å²) in [6, 6.07) is 8.24. The van der Waals surface area contributed by atoms with Crippen LogP contribution in [0.3, 0.4) is 0 Å². The zero-order valence-corrected chi connectivity index (χ0v) is 10.5. The Morgan fingerprint density at radius 3 is 2.50 bits per heavy atom. The van der Waals surface area contributed by atoms with Crippen molar-refractivity contribution >= 4 is 27.1 Å². The predicted molar refractivity (Wildman–Crippen MR) is 65.2 cm³/mol. The number of hydrogen-bond donors (Lipinski definition) is 0. The molecule has 8 heteroatoms. The second-order valence-electron chi connectivity index (χ2n) is 3.19. The molecule has 0 bridgehead atoms. The third-order valence-corrected chi connectivity index (χ3v) is 4.59. The van der Waals surface area contributed by atoms with Crippen LogP contribution in [0.15, 0.2) is 46.0 Å². The van der Waals surface area contributed by atoms with E-state index in [1.54, 1.807) is 11.4 Å². The average Bonchev–Trinajstić information content (AvgIpc) is 2.83. The molecule has 1 aromatic carbocycles. The number of nitro benzene ring substituents is 1. The molecule has 0 aliphatic rings. The normalized spacial score (nSPS) is 11.1. The molecule has 2 rings (SSSR count). The van der Waals surface area contributed by atoms with Gasteiger partial charge in [0.25, 0.3) is 0 Å². The minimum atomic E-state index is -4.01. The largest absolute Gasteiger partial charge is 0.371 e. The van der Waals surface area contributed by atoms with E-state index < -0.39 is 20.7 Å². The molecule has 1 aromatic heterocycles. The van der Waals surface area contributed by atoms with E-state index >= 15 is 0 Å². The first-order valence-electron chi connectivity index (χ1n) is 4.72. The van der Waals surface area contributed by atoms with E-state index in [4.69, 9.17) is 4.18 Å². The maximum Gasteiger partial charge on any atom is 0.349 e. The molecule has 0 spiro atoms. The van der Waals surface area contributed by atoms with E-state index in [-0.39, 0.29) is 9.96 Å². The van der Waals surface area contributed by atoms with Gasteiger partial charge in [0.2, 0.25) is 5.75 Å². The molecule has 1 heterocycles. The zero-order valence-electron chi connectivity index (χ0n) is 8.85. The Hall–Kier alpha value is -1.93. The first-order chi connectivity index (χ1) is 8.50. The molecule has 2 aromatic rings. The lowest BCUT2D eigenvalue weighted by Crippen LogP contribution is -2.09. The van der Waals surface area contributed by atoms with E-state index in [9.17, 15) is 18.5 Å². The van der Waals surface area contributed by atoms with Gasteiger partial charge in [-0.1, -0.05) is 18.2 Å². The first-order valence-corrected chi connectivity index (χ1v) is 7.01. The van der Waals surface area contributed by atoms with E-state index in [0.29, 0.717) is 0 Å². The Balaban J connectivity index is 2.39. The number of nitro groups is 1. The lowest BCUT2D eigenvalue weighted by Gasteiger charge is -2.05. The van der Waals surface area contributed by atoms with Crippen LogP contribution in [0.2, 0.25) is 0 Å². The van der Waals surface area contributed by atoms with Gasteiger partial charge in [-0.25, -0.2) is 0 Å². The van der Waals surface area contributed by atoms with Crippen LogP contribution in [-0.2, 0) is 10.1 Å². The van der Waals surface area contributed by atoms with Gasteiger partial charge in [0.05, 0.1) is 4.92 Å². The third-order valence-electron chi connectivity index (χ3n) is 2.00. The summed E-state index contributed by atoms with van der Waals surface area (Å²) in [6.45, 7) is 0. The van der Waals surface area contributed by atoms with Crippen LogP contribution >= 0.6 is 11.3 Å². The fourth-order valence-electron chi connectivity index (χ4n) is 1.24. The standard InChI is InChI=1S/C10H7NO5S2/c12-11(13)8-4-1-2-5-9(8)16-18(14,15)10-6-3-7-17-10/h1-7H. The SMILES string of the molecule is O=[N+]([O-])c1ccccc1OS(=O)(=O)c1cccs1. The van der Waals surface area contributed by atoms with Crippen LogP contribution in [0.5, 0.6) is 5.75 Å². The second-order valence-corrected chi connectivity index (χ2v) is 5.92. The maximum absolute atomic E-state index is 11.8. The summed E-state index contributed by atoms with van der Waals surface area (Å²) in [5.74, 6) is -0.295. The van der Waals surface area contributed by atoms with Crippen LogP contribution in [0.1, 0.15) is 0 Å². The summed E-state index contributed by atoms with van der Waals surface area (Å²) in [6.07, 6.45) is 0. The van der Waals surface area contributed by atoms with Crippen molar-refractivity contribution in [2.75, 3.05) is 0 Å². The van der Waals surface area contributed by atoms with Gasteiger partial charge in [-0.05, 0) is 17.5 Å². The van der Waals surface area contributed by atoms with Crippen molar-refractivity contribution in [1.82, 2.24) is 0 Å². The maximum atomic E-state index is 11.8. The molecular formula is C10H7NO5S2. The molecule has 0 saturated carbocycles. The molecule has 6 nitrogen and oxygen atoms in total. The monoisotopic (exact) mass is 285 g/mol. The van der Waals surface area contributed by atoms with Gasteiger partial charge < -0.3 is 4.18 Å². The smallest absolute Gasteiger partial charge is 0.349 e. The zero-order chi connectivity index (χ0) is 13.2. The van der Waals surface area contributed by atoms with Gasteiger partial charge in [-0.2, -0.15) is 8.42 Å². The first kappa shape index (κ1) is 12.5. The molecule has 0 unspecified atom stereocenters. The topological polar surface area (TPSA) is 86.5 Å². The molecule has 0 fully saturated rings. The summed E-state index contributed by atoms with van der Waals surface area (Å²) < 4.78 is 28.4. The number of nitrogens with zero attached hydrogens (tertiary/aromatic N) is 1. The molecule has 0 aliphatic carbocycles. The predicted octanol–water partition coefficient (Wildman–Crippen LogP) is 2.42. The second kappa shape index (κ2) is 4.75. The van der Waals surface area contributed by atoms with Gasteiger partial charge >= 0.3 is 15.8 Å². The van der Waals surface area contributed by atoms with Crippen molar-refractivity contribution in [3.63, 3.8) is 0 Å². The van der Waals surface area contributed by atoms with Crippen LogP contribution in [0.25, 0.3) is 0 Å². The van der Waals surface area contributed by atoms with Crippen molar-refractivity contribution in [3.8, 4) is 5.75 Å². The summed E-state index contributed by atoms with van der Waals surface area (Å²) >= 11 is 0.981. The Labute approximate surface area is 107 Å². The van der Waals surface area contributed by atoms with Gasteiger partial charge in [-0.3, -0.25) is 10.1 Å². The summed E-state index contributed by atoms with van der Waals surface area (Å²) in [5, 5.41) is 12.3. The van der Waals surface area contributed by atoms with Gasteiger partial charge in [-0.15, -0.1) is 11.3 Å². The van der Waals surface area contributed by atoms with Crippen molar-refractivity contribution in [1.29, 1.82) is 0 Å². The van der Waals surface area contributed by atoms with Crippen LogP contribution in [0.4, 0.5) is 5.69 Å². The quantitative estimate of drug-likeness (QED) is 0.489. The highest BCUT2D eigenvalue weighted by molar-refractivity contribution is 7.89. The molecule has 0 radical (unpaired) electrons. The molecule has 0 aliphatic heterocycles. The van der Waals surface area contributed by atoms with Crippen LogP contribution in [0, 0.1) is 10.1 Å². The molecule has 0 N–H and O–H groups in total. The molecule has 18 heavy (non-hydrogen) atoms. The number of benzene rings is 1. The highest BCUT2D eigenvalue weighted by atomic mass is 32.3. The van der Waals surface area contributed by atoms with E-state index in [0.717, 1.165) is 11.3 Å². The number of para-hydroxylation sites is 2. The Morgan fingerprint density at radius 1 is 1.17 bits per heavy atom.